The Labute approximate surface area is 123 Å². The first-order chi connectivity index (χ1) is 9.64. The third-order valence-electron chi connectivity index (χ3n) is 3.24. The molecule has 0 saturated heterocycles. The summed E-state index contributed by atoms with van der Waals surface area (Å²) in [5.74, 6) is -3.34. The Hall–Kier alpha value is -1.50. The Kier molecular flexibility index (Phi) is 5.83. The van der Waals surface area contributed by atoms with Crippen LogP contribution in [0.2, 0.25) is 0 Å². The zero-order chi connectivity index (χ0) is 16.2. The minimum absolute atomic E-state index is 0.0241. The third-order valence-corrected chi connectivity index (χ3v) is 4.64. The zero-order valence-electron chi connectivity index (χ0n) is 12.1. The van der Waals surface area contributed by atoms with Gasteiger partial charge in [-0.1, -0.05) is 26.0 Å². The van der Waals surface area contributed by atoms with Crippen LogP contribution in [0.4, 0.5) is 8.78 Å². The van der Waals surface area contributed by atoms with E-state index in [2.05, 4.69) is 5.32 Å². The largest absolute Gasteiger partial charge is 0.353 e. The summed E-state index contributed by atoms with van der Waals surface area (Å²) in [6, 6.07) is 4.95. The summed E-state index contributed by atoms with van der Waals surface area (Å²) < 4.78 is 47.3. The number of amides is 1. The predicted molar refractivity (Wildman–Crippen MR) is 75.8 cm³/mol. The van der Waals surface area contributed by atoms with Crippen molar-refractivity contribution < 1.29 is 22.0 Å². The van der Waals surface area contributed by atoms with E-state index in [9.17, 15) is 22.0 Å². The number of carbonyl (C=O) groups excluding carboxylic acids is 1. The maximum Gasteiger partial charge on any atom is 0.341 e. The molecule has 1 amide bonds. The van der Waals surface area contributed by atoms with E-state index in [1.165, 1.54) is 12.1 Å². The Bertz CT molecular complexity index is 583. The molecule has 1 aromatic rings. The molecule has 4 nitrogen and oxygen atoms in total. The summed E-state index contributed by atoms with van der Waals surface area (Å²) in [6.45, 7) is 5.85. The molecule has 1 atom stereocenters. The van der Waals surface area contributed by atoms with Crippen LogP contribution in [0.5, 0.6) is 0 Å². The molecule has 1 rings (SSSR count). The van der Waals surface area contributed by atoms with E-state index in [1.54, 1.807) is 0 Å². The van der Waals surface area contributed by atoms with E-state index in [1.807, 2.05) is 20.8 Å². The summed E-state index contributed by atoms with van der Waals surface area (Å²) in [6.07, 6.45) is 0.0755. The van der Waals surface area contributed by atoms with Crippen molar-refractivity contribution in [2.75, 3.05) is 0 Å². The second-order valence-corrected chi connectivity index (χ2v) is 7.14. The molecule has 21 heavy (non-hydrogen) atoms. The highest BCUT2D eigenvalue weighted by Gasteiger charge is 2.26. The second kappa shape index (κ2) is 6.98. The average Bonchev–Trinajstić information content (AvgIpc) is 2.38. The van der Waals surface area contributed by atoms with Crippen LogP contribution in [0.25, 0.3) is 0 Å². The van der Waals surface area contributed by atoms with Crippen molar-refractivity contribution in [3.8, 4) is 0 Å². The fourth-order valence-electron chi connectivity index (χ4n) is 1.56. The topological polar surface area (TPSA) is 63.2 Å². The van der Waals surface area contributed by atoms with E-state index in [0.29, 0.717) is 11.5 Å². The standard InChI is InChI=1S/C14H19F2NO3S/c1-9(2)10(3)17-13(18)8-11-4-6-12(7-5-11)21(19,20)14(15)16/h4-7,9-10,14H,8H2,1-3H3,(H,17,18)/t10-/m1/s1. The molecule has 0 aliphatic heterocycles. The lowest BCUT2D eigenvalue weighted by Gasteiger charge is -2.17. The van der Waals surface area contributed by atoms with E-state index >= 15 is 0 Å². The fraction of sp³-hybridized carbons (Fsp3) is 0.500. The Balaban J connectivity index is 2.74. The average molecular weight is 319 g/mol. The number of hydrogen-bond donors (Lipinski definition) is 1. The van der Waals surface area contributed by atoms with Crippen molar-refractivity contribution in [1.29, 1.82) is 0 Å². The number of rotatable bonds is 6. The van der Waals surface area contributed by atoms with Crippen LogP contribution in [-0.4, -0.2) is 26.1 Å². The smallest absolute Gasteiger partial charge is 0.341 e. The van der Waals surface area contributed by atoms with E-state index < -0.39 is 20.5 Å². The Morgan fingerprint density at radius 1 is 1.14 bits per heavy atom. The lowest BCUT2D eigenvalue weighted by atomic mass is 10.1. The first-order valence-corrected chi connectivity index (χ1v) is 8.09. The second-order valence-electron chi connectivity index (χ2n) is 5.23. The Morgan fingerprint density at radius 3 is 2.10 bits per heavy atom. The number of benzene rings is 1. The summed E-state index contributed by atoms with van der Waals surface area (Å²) in [4.78, 5) is 11.3. The van der Waals surface area contributed by atoms with Gasteiger partial charge in [0.15, 0.2) is 0 Å². The van der Waals surface area contributed by atoms with E-state index in [-0.39, 0.29) is 18.4 Å². The molecule has 0 radical (unpaired) electrons. The molecular weight excluding hydrogens is 300 g/mol. The van der Waals surface area contributed by atoms with Gasteiger partial charge in [-0.2, -0.15) is 8.78 Å². The molecule has 0 heterocycles. The van der Waals surface area contributed by atoms with Crippen LogP contribution in [0, 0.1) is 5.92 Å². The van der Waals surface area contributed by atoms with Crippen molar-refractivity contribution in [3.63, 3.8) is 0 Å². The van der Waals surface area contributed by atoms with Gasteiger partial charge in [0.2, 0.25) is 15.7 Å². The van der Waals surface area contributed by atoms with Gasteiger partial charge in [-0.15, -0.1) is 0 Å². The van der Waals surface area contributed by atoms with Gasteiger partial charge in [0.05, 0.1) is 11.3 Å². The highest BCUT2D eigenvalue weighted by Crippen LogP contribution is 2.18. The minimum Gasteiger partial charge on any atom is -0.353 e. The SMILES string of the molecule is CC(C)[C@@H](C)NC(=O)Cc1ccc(S(=O)(=O)C(F)F)cc1. The van der Waals surface area contributed by atoms with E-state index in [0.717, 1.165) is 12.1 Å². The summed E-state index contributed by atoms with van der Waals surface area (Å²) >= 11 is 0. The quantitative estimate of drug-likeness (QED) is 0.875. The van der Waals surface area contributed by atoms with Crippen molar-refractivity contribution in [3.05, 3.63) is 29.8 Å². The van der Waals surface area contributed by atoms with Crippen LogP contribution in [0.1, 0.15) is 26.3 Å². The summed E-state index contributed by atoms with van der Waals surface area (Å²) in [7, 11) is -4.59. The molecule has 1 N–H and O–H groups in total. The molecule has 0 aromatic heterocycles. The highest BCUT2D eigenvalue weighted by atomic mass is 32.2. The van der Waals surface area contributed by atoms with Gasteiger partial charge < -0.3 is 5.32 Å². The molecule has 0 aliphatic carbocycles. The van der Waals surface area contributed by atoms with Gasteiger partial charge in [-0.25, -0.2) is 8.42 Å². The van der Waals surface area contributed by atoms with Gasteiger partial charge in [0.25, 0.3) is 0 Å². The normalized spacial score (nSPS) is 13.5. The first-order valence-electron chi connectivity index (χ1n) is 6.55. The molecule has 7 heteroatoms. The van der Waals surface area contributed by atoms with Crippen LogP contribution < -0.4 is 5.32 Å². The maximum absolute atomic E-state index is 12.4. The third kappa shape index (κ3) is 4.77. The van der Waals surface area contributed by atoms with Crippen molar-refractivity contribution >= 4 is 15.7 Å². The molecule has 0 fully saturated rings. The van der Waals surface area contributed by atoms with Crippen LogP contribution in [-0.2, 0) is 21.1 Å². The van der Waals surface area contributed by atoms with Gasteiger partial charge in [-0.05, 0) is 30.5 Å². The minimum atomic E-state index is -4.59. The predicted octanol–water partition coefficient (Wildman–Crippen LogP) is 2.39. The van der Waals surface area contributed by atoms with Crippen molar-refractivity contribution in [2.45, 2.75) is 43.9 Å². The fourth-order valence-corrected chi connectivity index (χ4v) is 2.28. The van der Waals surface area contributed by atoms with Gasteiger partial charge >= 0.3 is 5.76 Å². The summed E-state index contributed by atoms with van der Waals surface area (Å²) in [5.41, 5.74) is 0.566. The van der Waals surface area contributed by atoms with Gasteiger partial charge in [0.1, 0.15) is 0 Å². The number of halogens is 2. The first kappa shape index (κ1) is 17.6. The molecular formula is C14H19F2NO3S. The lowest BCUT2D eigenvalue weighted by molar-refractivity contribution is -0.121. The van der Waals surface area contributed by atoms with Crippen LogP contribution >= 0.6 is 0 Å². The number of alkyl halides is 2. The lowest BCUT2D eigenvalue weighted by Crippen LogP contribution is -2.37. The molecule has 1 aromatic carbocycles. The molecule has 118 valence electrons. The number of hydrogen-bond acceptors (Lipinski definition) is 3. The maximum atomic E-state index is 12.4. The molecule has 0 unspecified atom stereocenters. The van der Waals surface area contributed by atoms with Gasteiger partial charge in [0, 0.05) is 6.04 Å². The monoisotopic (exact) mass is 319 g/mol. The number of carbonyl (C=O) groups is 1. The number of nitrogens with one attached hydrogen (secondary N) is 1. The van der Waals surface area contributed by atoms with Crippen molar-refractivity contribution in [2.24, 2.45) is 5.92 Å². The zero-order valence-corrected chi connectivity index (χ0v) is 13.0. The molecule has 0 saturated carbocycles. The van der Waals surface area contributed by atoms with E-state index in [4.69, 9.17) is 0 Å². The molecule has 0 aliphatic rings. The summed E-state index contributed by atoms with van der Waals surface area (Å²) in [5, 5.41) is 2.81. The van der Waals surface area contributed by atoms with Crippen LogP contribution in [0.3, 0.4) is 0 Å². The highest BCUT2D eigenvalue weighted by molar-refractivity contribution is 7.91. The molecule has 0 spiro atoms. The van der Waals surface area contributed by atoms with Crippen LogP contribution in [0.15, 0.2) is 29.2 Å². The Morgan fingerprint density at radius 2 is 1.67 bits per heavy atom. The van der Waals surface area contributed by atoms with Gasteiger partial charge in [-0.3, -0.25) is 4.79 Å². The van der Waals surface area contributed by atoms with Crippen molar-refractivity contribution in [1.82, 2.24) is 5.32 Å². The number of sulfone groups is 1. The molecule has 0 bridgehead atoms.